The van der Waals surface area contributed by atoms with Crippen LogP contribution in [0, 0.1) is 5.92 Å². The summed E-state index contributed by atoms with van der Waals surface area (Å²) < 4.78 is 0. The zero-order valence-corrected chi connectivity index (χ0v) is 22.9. The van der Waals surface area contributed by atoms with Gasteiger partial charge in [0.1, 0.15) is 6.04 Å². The molecule has 2 aromatic carbocycles. The highest BCUT2D eigenvalue weighted by molar-refractivity contribution is 7.98. The molecule has 4 amide bonds. The number of nitrogens with zero attached hydrogens (tertiary/aromatic N) is 1. The van der Waals surface area contributed by atoms with Gasteiger partial charge in [-0.05, 0) is 48.9 Å². The predicted molar refractivity (Wildman–Crippen MR) is 150 cm³/mol. The summed E-state index contributed by atoms with van der Waals surface area (Å²) in [7, 11) is 0. The summed E-state index contributed by atoms with van der Waals surface area (Å²) in [5, 5.41) is 17.8. The van der Waals surface area contributed by atoms with Crippen molar-refractivity contribution in [2.24, 2.45) is 5.92 Å². The van der Waals surface area contributed by atoms with Crippen molar-refractivity contribution in [2.45, 2.75) is 23.8 Å². The minimum absolute atomic E-state index is 0.220. The van der Waals surface area contributed by atoms with Crippen LogP contribution in [0.25, 0.3) is 6.08 Å². The van der Waals surface area contributed by atoms with Gasteiger partial charge in [0, 0.05) is 35.7 Å². The standard InChI is InChI=1S/C26H28Cl2N4O5S/c1-38-20-9-7-16(22(27)23(20)28)8-10-21(33)32-13-11-17(12-14-32)24(34)31-19(25(35)36)15-29-26(37)30-18-5-3-2-4-6-18/h2-10,17,19H,11-15H2,1H3,(H,31,34)(H,35,36)(H2,29,30,37)/b10-8+/t19-/m0/s1. The van der Waals surface area contributed by atoms with Crippen LogP contribution in [-0.2, 0) is 14.4 Å². The monoisotopic (exact) mass is 578 g/mol. The minimum Gasteiger partial charge on any atom is -0.480 e. The van der Waals surface area contributed by atoms with Gasteiger partial charge in [-0.15, -0.1) is 11.8 Å². The highest BCUT2D eigenvalue weighted by Crippen LogP contribution is 2.35. The fraction of sp³-hybridized carbons (Fsp3) is 0.308. The van der Waals surface area contributed by atoms with Crippen molar-refractivity contribution in [2.75, 3.05) is 31.2 Å². The highest BCUT2D eigenvalue weighted by Gasteiger charge is 2.30. The number of rotatable bonds is 9. The van der Waals surface area contributed by atoms with Crippen molar-refractivity contribution in [3.8, 4) is 0 Å². The van der Waals surface area contributed by atoms with Crippen molar-refractivity contribution in [1.82, 2.24) is 15.5 Å². The summed E-state index contributed by atoms with van der Waals surface area (Å²) in [5.41, 5.74) is 1.18. The Hall–Kier alpha value is -3.21. The van der Waals surface area contributed by atoms with Crippen LogP contribution in [0.3, 0.4) is 0 Å². The first-order chi connectivity index (χ1) is 18.2. The van der Waals surface area contributed by atoms with Crippen LogP contribution in [0.1, 0.15) is 18.4 Å². The van der Waals surface area contributed by atoms with Crippen LogP contribution in [-0.4, -0.2) is 65.8 Å². The molecule has 1 heterocycles. The molecule has 202 valence electrons. The van der Waals surface area contributed by atoms with Crippen molar-refractivity contribution in [3.63, 3.8) is 0 Å². The fourth-order valence-electron chi connectivity index (χ4n) is 3.84. The number of nitrogens with one attached hydrogen (secondary N) is 3. The molecule has 12 heteroatoms. The lowest BCUT2D eigenvalue weighted by atomic mass is 9.95. The van der Waals surface area contributed by atoms with Gasteiger partial charge < -0.3 is 26.0 Å². The van der Waals surface area contributed by atoms with Gasteiger partial charge in [0.2, 0.25) is 11.8 Å². The molecule has 1 saturated heterocycles. The number of likely N-dealkylation sites (tertiary alicyclic amines) is 1. The molecular formula is C26H28Cl2N4O5S. The van der Waals surface area contributed by atoms with Crippen molar-refractivity contribution < 1.29 is 24.3 Å². The van der Waals surface area contributed by atoms with E-state index in [9.17, 15) is 24.3 Å². The van der Waals surface area contributed by atoms with Crippen LogP contribution < -0.4 is 16.0 Å². The lowest BCUT2D eigenvalue weighted by Gasteiger charge is -2.31. The Balaban J connectivity index is 1.47. The van der Waals surface area contributed by atoms with E-state index < -0.39 is 29.9 Å². The number of anilines is 1. The Labute approximate surface area is 234 Å². The number of hydrogen-bond donors (Lipinski definition) is 4. The number of benzene rings is 2. The van der Waals surface area contributed by atoms with E-state index in [-0.39, 0.29) is 12.5 Å². The molecule has 0 bridgehead atoms. The van der Waals surface area contributed by atoms with Crippen LogP contribution in [0.2, 0.25) is 10.0 Å². The summed E-state index contributed by atoms with van der Waals surface area (Å²) in [6.45, 7) is 0.402. The SMILES string of the molecule is CSc1ccc(/C=C/C(=O)N2CCC(C(=O)N[C@@H](CNC(=O)Nc3ccccc3)C(=O)O)CC2)c(Cl)c1Cl. The van der Waals surface area contributed by atoms with Crippen LogP contribution in [0.15, 0.2) is 53.4 Å². The molecule has 1 aliphatic heterocycles. The van der Waals surface area contributed by atoms with E-state index in [4.69, 9.17) is 23.2 Å². The highest BCUT2D eigenvalue weighted by atomic mass is 35.5. The number of carboxylic acid groups (broad SMARTS) is 1. The average molecular weight is 580 g/mol. The number of thioether (sulfide) groups is 1. The van der Waals surface area contributed by atoms with E-state index in [2.05, 4.69) is 16.0 Å². The molecule has 0 radical (unpaired) electrons. The Kier molecular flexibility index (Phi) is 10.9. The summed E-state index contributed by atoms with van der Waals surface area (Å²) in [4.78, 5) is 51.5. The molecule has 1 fully saturated rings. The molecule has 0 aliphatic carbocycles. The Morgan fingerprint density at radius 2 is 1.76 bits per heavy atom. The average Bonchev–Trinajstić information content (AvgIpc) is 2.92. The first-order valence-corrected chi connectivity index (χ1v) is 13.8. The zero-order chi connectivity index (χ0) is 27.7. The predicted octanol–water partition coefficient (Wildman–Crippen LogP) is 4.36. The van der Waals surface area contributed by atoms with Gasteiger partial charge in [0.05, 0.1) is 16.6 Å². The second-order valence-corrected chi connectivity index (χ2v) is 10.1. The maximum absolute atomic E-state index is 12.7. The summed E-state index contributed by atoms with van der Waals surface area (Å²) >= 11 is 14.0. The lowest BCUT2D eigenvalue weighted by Crippen LogP contribution is -2.52. The van der Waals surface area contributed by atoms with Gasteiger partial charge >= 0.3 is 12.0 Å². The number of aliphatic carboxylic acids is 1. The van der Waals surface area contributed by atoms with E-state index >= 15 is 0 Å². The molecule has 3 rings (SSSR count). The van der Waals surface area contributed by atoms with Crippen molar-refractivity contribution in [3.05, 3.63) is 64.1 Å². The van der Waals surface area contributed by atoms with E-state index in [1.165, 1.54) is 17.8 Å². The molecule has 4 N–H and O–H groups in total. The maximum atomic E-state index is 12.7. The third-order valence-corrected chi connectivity index (χ3v) is 7.78. The second-order valence-electron chi connectivity index (χ2n) is 8.52. The maximum Gasteiger partial charge on any atom is 0.328 e. The Bertz CT molecular complexity index is 1200. The number of piperidine rings is 1. The van der Waals surface area contributed by atoms with Crippen molar-refractivity contribution >= 4 is 70.5 Å². The Morgan fingerprint density at radius 1 is 1.08 bits per heavy atom. The van der Waals surface area contributed by atoms with Crippen LogP contribution in [0.5, 0.6) is 0 Å². The van der Waals surface area contributed by atoms with E-state index in [0.717, 1.165) is 4.90 Å². The van der Waals surface area contributed by atoms with E-state index in [1.54, 1.807) is 47.4 Å². The second kappa shape index (κ2) is 14.1. The first kappa shape index (κ1) is 29.3. The molecule has 38 heavy (non-hydrogen) atoms. The van der Waals surface area contributed by atoms with Gasteiger partial charge in [0.25, 0.3) is 0 Å². The van der Waals surface area contributed by atoms with Gasteiger partial charge in [-0.25, -0.2) is 9.59 Å². The first-order valence-electron chi connectivity index (χ1n) is 11.8. The molecule has 0 saturated carbocycles. The van der Waals surface area contributed by atoms with Crippen LogP contribution in [0.4, 0.5) is 10.5 Å². The number of carboxylic acids is 1. The van der Waals surface area contributed by atoms with E-state index in [0.29, 0.717) is 47.2 Å². The summed E-state index contributed by atoms with van der Waals surface area (Å²) in [5.74, 6) is -2.36. The molecule has 0 spiro atoms. The molecule has 0 aromatic heterocycles. The smallest absolute Gasteiger partial charge is 0.328 e. The third-order valence-electron chi connectivity index (χ3n) is 5.99. The number of hydrogen-bond acceptors (Lipinski definition) is 5. The third kappa shape index (κ3) is 8.14. The number of para-hydroxylation sites is 1. The number of halogens is 2. The fourth-order valence-corrected chi connectivity index (χ4v) is 5.02. The quantitative estimate of drug-likeness (QED) is 0.258. The molecule has 0 unspecified atom stereocenters. The summed E-state index contributed by atoms with van der Waals surface area (Å²) in [6, 6.07) is 10.4. The van der Waals surface area contributed by atoms with Crippen LogP contribution >= 0.6 is 35.0 Å². The van der Waals surface area contributed by atoms with Gasteiger partial charge in [0.15, 0.2) is 0 Å². The Morgan fingerprint density at radius 3 is 2.39 bits per heavy atom. The summed E-state index contributed by atoms with van der Waals surface area (Å²) in [6.07, 6.45) is 5.69. The topological polar surface area (TPSA) is 128 Å². The minimum atomic E-state index is -1.29. The number of urea groups is 1. The molecule has 1 aliphatic rings. The largest absolute Gasteiger partial charge is 0.480 e. The van der Waals surface area contributed by atoms with Gasteiger partial charge in [-0.1, -0.05) is 47.5 Å². The lowest BCUT2D eigenvalue weighted by molar-refractivity contribution is -0.142. The number of carbonyl (C=O) groups excluding carboxylic acids is 3. The van der Waals surface area contributed by atoms with E-state index in [1.807, 2.05) is 12.3 Å². The number of carbonyl (C=O) groups is 4. The molecule has 9 nitrogen and oxygen atoms in total. The van der Waals surface area contributed by atoms with Crippen molar-refractivity contribution in [1.29, 1.82) is 0 Å². The molecular weight excluding hydrogens is 551 g/mol. The van der Waals surface area contributed by atoms with Gasteiger partial charge in [-0.2, -0.15) is 0 Å². The van der Waals surface area contributed by atoms with Gasteiger partial charge in [-0.3, -0.25) is 9.59 Å². The molecule has 1 atom stereocenters. The molecule has 2 aromatic rings. The zero-order valence-electron chi connectivity index (χ0n) is 20.6. The number of amides is 4. The normalized spacial score (nSPS) is 14.7.